The highest BCUT2D eigenvalue weighted by Gasteiger charge is 2.13. The summed E-state index contributed by atoms with van der Waals surface area (Å²) in [5.41, 5.74) is 0.939. The van der Waals surface area contributed by atoms with E-state index in [0.29, 0.717) is 6.54 Å². The fourth-order valence-corrected chi connectivity index (χ4v) is 3.04. The number of fused-ring (bicyclic) bond motifs is 1. The van der Waals surface area contributed by atoms with Gasteiger partial charge in [0, 0.05) is 11.0 Å². The van der Waals surface area contributed by atoms with Crippen LogP contribution in [0.3, 0.4) is 0 Å². The van der Waals surface area contributed by atoms with Crippen molar-refractivity contribution in [2.45, 2.75) is 19.9 Å². The molecule has 4 nitrogen and oxygen atoms in total. The van der Waals surface area contributed by atoms with E-state index >= 15 is 0 Å². The average Bonchev–Trinajstić information content (AvgIpc) is 2.70. The van der Waals surface area contributed by atoms with E-state index in [-0.39, 0.29) is 11.9 Å². The largest absolute Gasteiger partial charge is 0.355 e. The minimum Gasteiger partial charge on any atom is -0.355 e. The molecule has 1 aromatic heterocycles. The van der Waals surface area contributed by atoms with Gasteiger partial charge in [-0.05, 0) is 32.0 Å². The van der Waals surface area contributed by atoms with Crippen LogP contribution in [0.5, 0.6) is 0 Å². The predicted molar refractivity (Wildman–Crippen MR) is 79.1 cm³/mol. The van der Waals surface area contributed by atoms with Gasteiger partial charge in [-0.2, -0.15) is 0 Å². The number of hydrogen-bond donors (Lipinski definition) is 2. The van der Waals surface area contributed by atoms with E-state index in [1.165, 1.54) is 0 Å². The molecule has 0 saturated heterocycles. The summed E-state index contributed by atoms with van der Waals surface area (Å²) in [5.74, 6) is -0.0158. The molecule has 1 unspecified atom stereocenters. The summed E-state index contributed by atoms with van der Waals surface area (Å²) in [6.07, 6.45) is 0. The van der Waals surface area contributed by atoms with E-state index in [0.717, 1.165) is 19.8 Å². The summed E-state index contributed by atoms with van der Waals surface area (Å²) < 4.78 is 2.12. The monoisotopic (exact) mass is 327 g/mol. The third-order valence-corrected chi connectivity index (χ3v) is 3.88. The number of aromatic nitrogens is 1. The molecule has 0 bridgehead atoms. The third-order valence-electron chi connectivity index (χ3n) is 2.43. The Hall–Kier alpha value is -1.14. The molecule has 0 radical (unpaired) electrons. The van der Waals surface area contributed by atoms with Gasteiger partial charge in [-0.25, -0.2) is 4.98 Å². The second-order valence-corrected chi connectivity index (χ2v) is 5.84. The first-order valence-corrected chi connectivity index (χ1v) is 7.31. The lowest BCUT2D eigenvalue weighted by Gasteiger charge is -2.11. The van der Waals surface area contributed by atoms with Crippen LogP contribution in [-0.2, 0) is 4.79 Å². The van der Waals surface area contributed by atoms with Crippen molar-refractivity contribution >= 4 is 48.5 Å². The molecule has 0 aliphatic heterocycles. The molecule has 1 heterocycles. The Labute approximate surface area is 118 Å². The van der Waals surface area contributed by atoms with Gasteiger partial charge in [0.15, 0.2) is 5.13 Å². The molecule has 0 saturated carbocycles. The lowest BCUT2D eigenvalue weighted by molar-refractivity contribution is -0.121. The number of thiazole rings is 1. The van der Waals surface area contributed by atoms with Crippen molar-refractivity contribution in [2.75, 3.05) is 11.9 Å². The number of rotatable bonds is 4. The van der Waals surface area contributed by atoms with Gasteiger partial charge in [0.05, 0.1) is 10.2 Å². The molecule has 0 fully saturated rings. The van der Waals surface area contributed by atoms with Gasteiger partial charge in [-0.1, -0.05) is 27.3 Å². The highest BCUT2D eigenvalue weighted by atomic mass is 79.9. The second kappa shape index (κ2) is 5.67. The summed E-state index contributed by atoms with van der Waals surface area (Å²) in [6, 6.07) is 5.65. The van der Waals surface area contributed by atoms with Crippen LogP contribution in [-0.4, -0.2) is 23.5 Å². The number of benzene rings is 1. The normalized spacial score (nSPS) is 12.4. The highest BCUT2D eigenvalue weighted by Crippen LogP contribution is 2.28. The van der Waals surface area contributed by atoms with Crippen molar-refractivity contribution < 1.29 is 4.79 Å². The number of hydrogen-bond acceptors (Lipinski definition) is 4. The van der Waals surface area contributed by atoms with E-state index in [2.05, 4.69) is 31.5 Å². The van der Waals surface area contributed by atoms with Crippen molar-refractivity contribution in [3.05, 3.63) is 22.7 Å². The van der Waals surface area contributed by atoms with Gasteiger partial charge in [0.2, 0.25) is 5.91 Å². The fraction of sp³-hybridized carbons (Fsp3) is 0.333. The number of likely N-dealkylation sites (N-methyl/N-ethyl adjacent to an activating group) is 1. The molecule has 0 aliphatic rings. The van der Waals surface area contributed by atoms with Crippen LogP contribution in [0.25, 0.3) is 10.2 Å². The minimum absolute atomic E-state index is 0.0158. The first-order chi connectivity index (χ1) is 8.60. The molecule has 2 rings (SSSR count). The van der Waals surface area contributed by atoms with Gasteiger partial charge < -0.3 is 10.6 Å². The zero-order chi connectivity index (χ0) is 13.1. The highest BCUT2D eigenvalue weighted by molar-refractivity contribution is 9.10. The van der Waals surface area contributed by atoms with E-state index in [9.17, 15) is 4.79 Å². The molecule has 1 aromatic carbocycles. The van der Waals surface area contributed by atoms with Crippen molar-refractivity contribution in [1.29, 1.82) is 0 Å². The molecular formula is C12H14BrN3OS. The first kappa shape index (κ1) is 13.3. The average molecular weight is 328 g/mol. The van der Waals surface area contributed by atoms with E-state index in [1.54, 1.807) is 11.3 Å². The first-order valence-electron chi connectivity index (χ1n) is 5.70. The number of amides is 1. The summed E-state index contributed by atoms with van der Waals surface area (Å²) in [4.78, 5) is 16.1. The summed E-state index contributed by atoms with van der Waals surface area (Å²) in [6.45, 7) is 4.37. The number of nitrogens with zero attached hydrogens (tertiary/aromatic N) is 1. The Morgan fingerprint density at radius 1 is 1.56 bits per heavy atom. The van der Waals surface area contributed by atoms with Crippen molar-refractivity contribution in [1.82, 2.24) is 10.3 Å². The van der Waals surface area contributed by atoms with Gasteiger partial charge >= 0.3 is 0 Å². The molecule has 0 aliphatic carbocycles. The van der Waals surface area contributed by atoms with Gasteiger partial charge in [0.1, 0.15) is 6.04 Å². The van der Waals surface area contributed by atoms with Crippen molar-refractivity contribution in [2.24, 2.45) is 0 Å². The summed E-state index contributed by atoms with van der Waals surface area (Å²) in [5, 5.41) is 6.66. The number of anilines is 1. The number of carbonyl (C=O) groups excluding carboxylic acids is 1. The maximum atomic E-state index is 11.6. The van der Waals surface area contributed by atoms with Crippen LogP contribution in [0, 0.1) is 0 Å². The fourth-order valence-electron chi connectivity index (χ4n) is 1.54. The van der Waals surface area contributed by atoms with E-state index in [4.69, 9.17) is 0 Å². The number of nitrogens with one attached hydrogen (secondary N) is 2. The molecule has 2 aromatic rings. The van der Waals surface area contributed by atoms with Crippen LogP contribution < -0.4 is 10.6 Å². The Bertz CT molecular complexity index is 569. The van der Waals surface area contributed by atoms with E-state index < -0.39 is 0 Å². The molecule has 6 heteroatoms. The zero-order valence-corrected chi connectivity index (χ0v) is 12.6. The predicted octanol–water partition coefficient (Wildman–Crippen LogP) is 3.00. The SMILES string of the molecule is CCNC(=O)C(C)Nc1nc2ccc(Br)cc2s1. The molecule has 18 heavy (non-hydrogen) atoms. The van der Waals surface area contributed by atoms with E-state index in [1.807, 2.05) is 32.0 Å². The maximum Gasteiger partial charge on any atom is 0.242 e. The van der Waals surface area contributed by atoms with Crippen LogP contribution >= 0.6 is 27.3 Å². The summed E-state index contributed by atoms with van der Waals surface area (Å²) in [7, 11) is 0. The maximum absolute atomic E-state index is 11.6. The molecular weight excluding hydrogens is 314 g/mol. The standard InChI is InChI=1S/C12H14BrN3OS/c1-3-14-11(17)7(2)15-12-16-9-5-4-8(13)6-10(9)18-12/h4-7H,3H2,1-2H3,(H,14,17)(H,15,16). The van der Waals surface area contributed by atoms with Gasteiger partial charge in [-0.15, -0.1) is 0 Å². The molecule has 0 spiro atoms. The Morgan fingerprint density at radius 2 is 2.33 bits per heavy atom. The number of halogens is 1. The Morgan fingerprint density at radius 3 is 3.06 bits per heavy atom. The smallest absolute Gasteiger partial charge is 0.242 e. The van der Waals surface area contributed by atoms with Crippen LogP contribution in [0.1, 0.15) is 13.8 Å². The van der Waals surface area contributed by atoms with Crippen LogP contribution in [0.15, 0.2) is 22.7 Å². The molecule has 1 amide bonds. The topological polar surface area (TPSA) is 54.0 Å². The lowest BCUT2D eigenvalue weighted by Crippen LogP contribution is -2.37. The molecule has 1 atom stereocenters. The molecule has 2 N–H and O–H groups in total. The van der Waals surface area contributed by atoms with Crippen LogP contribution in [0.4, 0.5) is 5.13 Å². The van der Waals surface area contributed by atoms with Crippen molar-refractivity contribution in [3.63, 3.8) is 0 Å². The lowest BCUT2D eigenvalue weighted by atomic mass is 10.3. The Balaban J connectivity index is 2.14. The Kier molecular flexibility index (Phi) is 4.19. The second-order valence-electron chi connectivity index (χ2n) is 3.89. The number of carbonyl (C=O) groups is 1. The van der Waals surface area contributed by atoms with Crippen molar-refractivity contribution in [3.8, 4) is 0 Å². The van der Waals surface area contributed by atoms with Gasteiger partial charge in [-0.3, -0.25) is 4.79 Å². The quantitative estimate of drug-likeness (QED) is 0.907. The van der Waals surface area contributed by atoms with Crippen LogP contribution in [0.2, 0.25) is 0 Å². The zero-order valence-electron chi connectivity index (χ0n) is 10.2. The van der Waals surface area contributed by atoms with Gasteiger partial charge in [0.25, 0.3) is 0 Å². The molecule has 96 valence electrons. The minimum atomic E-state index is -0.283. The summed E-state index contributed by atoms with van der Waals surface area (Å²) >= 11 is 4.97. The third kappa shape index (κ3) is 3.00.